The maximum atomic E-state index is 12.6. The van der Waals surface area contributed by atoms with Crippen molar-refractivity contribution in [1.29, 1.82) is 0 Å². The van der Waals surface area contributed by atoms with E-state index in [1.807, 2.05) is 29.2 Å². The molecule has 1 N–H and O–H groups in total. The van der Waals surface area contributed by atoms with E-state index in [4.69, 9.17) is 11.6 Å². The molecule has 1 aromatic rings. The Balaban J connectivity index is 2.06. The minimum atomic E-state index is -0.0153. The summed E-state index contributed by atoms with van der Waals surface area (Å²) in [7, 11) is 0. The van der Waals surface area contributed by atoms with E-state index in [1.54, 1.807) is 0 Å². The average Bonchev–Trinajstić information content (AvgIpc) is 2.46. The van der Waals surface area contributed by atoms with Crippen molar-refractivity contribution in [2.24, 2.45) is 0 Å². The molecule has 20 heavy (non-hydrogen) atoms. The lowest BCUT2D eigenvalue weighted by Gasteiger charge is -2.37. The van der Waals surface area contributed by atoms with Gasteiger partial charge in [0.2, 0.25) is 5.91 Å². The van der Waals surface area contributed by atoms with Crippen LogP contribution < -0.4 is 5.32 Å². The molecule has 0 radical (unpaired) electrons. The zero-order valence-corrected chi connectivity index (χ0v) is 13.0. The monoisotopic (exact) mass is 294 g/mol. The van der Waals surface area contributed by atoms with Crippen molar-refractivity contribution in [3.05, 3.63) is 34.9 Å². The smallest absolute Gasteiger partial charge is 0.240 e. The summed E-state index contributed by atoms with van der Waals surface area (Å²) in [5, 5.41) is 4.08. The van der Waals surface area contributed by atoms with E-state index in [-0.39, 0.29) is 18.0 Å². The van der Waals surface area contributed by atoms with Crippen LogP contribution in [0.4, 0.5) is 0 Å². The van der Waals surface area contributed by atoms with Crippen LogP contribution in [0, 0.1) is 0 Å². The van der Waals surface area contributed by atoms with Gasteiger partial charge in [0, 0.05) is 11.6 Å². The SMILES string of the molecule is CCCNC1CCCN(C(C)c2ccc(Cl)cc2)C1=O. The Hall–Kier alpha value is -1.06. The highest BCUT2D eigenvalue weighted by atomic mass is 35.5. The van der Waals surface area contributed by atoms with Crippen LogP contribution in [-0.2, 0) is 4.79 Å². The number of piperidine rings is 1. The predicted molar refractivity (Wildman–Crippen MR) is 82.9 cm³/mol. The molecule has 1 amide bonds. The van der Waals surface area contributed by atoms with Crippen molar-refractivity contribution in [3.8, 4) is 0 Å². The molecular weight excluding hydrogens is 272 g/mol. The maximum absolute atomic E-state index is 12.6. The summed E-state index contributed by atoms with van der Waals surface area (Å²) in [6.45, 7) is 5.95. The summed E-state index contributed by atoms with van der Waals surface area (Å²) in [6.07, 6.45) is 3.06. The van der Waals surface area contributed by atoms with Gasteiger partial charge in [0.15, 0.2) is 0 Å². The molecule has 1 aromatic carbocycles. The fraction of sp³-hybridized carbons (Fsp3) is 0.562. The van der Waals surface area contributed by atoms with E-state index in [2.05, 4.69) is 19.2 Å². The Morgan fingerprint density at radius 2 is 2.10 bits per heavy atom. The number of rotatable bonds is 5. The highest BCUT2D eigenvalue weighted by Gasteiger charge is 2.31. The molecule has 1 aliphatic rings. The van der Waals surface area contributed by atoms with Gasteiger partial charge in [0.1, 0.15) is 0 Å². The van der Waals surface area contributed by atoms with Crippen molar-refractivity contribution in [1.82, 2.24) is 10.2 Å². The van der Waals surface area contributed by atoms with Crippen molar-refractivity contribution >= 4 is 17.5 Å². The van der Waals surface area contributed by atoms with E-state index in [9.17, 15) is 4.79 Å². The van der Waals surface area contributed by atoms with E-state index in [0.29, 0.717) is 0 Å². The van der Waals surface area contributed by atoms with Gasteiger partial charge in [-0.2, -0.15) is 0 Å². The lowest BCUT2D eigenvalue weighted by molar-refractivity contribution is -0.138. The number of likely N-dealkylation sites (tertiary alicyclic amines) is 1. The van der Waals surface area contributed by atoms with Gasteiger partial charge in [-0.15, -0.1) is 0 Å². The van der Waals surface area contributed by atoms with Gasteiger partial charge in [0.25, 0.3) is 0 Å². The number of nitrogens with zero attached hydrogens (tertiary/aromatic N) is 1. The molecule has 1 aliphatic heterocycles. The second-order valence-electron chi connectivity index (χ2n) is 5.41. The molecule has 0 spiro atoms. The first-order chi connectivity index (χ1) is 9.63. The molecule has 0 aromatic heterocycles. The molecule has 0 saturated carbocycles. The number of benzene rings is 1. The lowest BCUT2D eigenvalue weighted by Crippen LogP contribution is -2.51. The predicted octanol–water partition coefficient (Wildman–Crippen LogP) is 3.39. The molecule has 4 heteroatoms. The first-order valence-corrected chi connectivity index (χ1v) is 7.80. The zero-order valence-electron chi connectivity index (χ0n) is 12.2. The second-order valence-corrected chi connectivity index (χ2v) is 5.84. The van der Waals surface area contributed by atoms with Crippen LogP contribution in [0.3, 0.4) is 0 Å². The molecule has 1 saturated heterocycles. The van der Waals surface area contributed by atoms with Gasteiger partial charge in [-0.3, -0.25) is 4.79 Å². The zero-order chi connectivity index (χ0) is 14.5. The van der Waals surface area contributed by atoms with Gasteiger partial charge in [0.05, 0.1) is 12.1 Å². The summed E-state index contributed by atoms with van der Waals surface area (Å²) in [6, 6.07) is 7.86. The standard InChI is InChI=1S/C16H23ClN2O/c1-3-10-18-15-5-4-11-19(16(15)20)12(2)13-6-8-14(17)9-7-13/h6-9,12,15,18H,3-5,10-11H2,1-2H3. The molecule has 3 nitrogen and oxygen atoms in total. The van der Waals surface area contributed by atoms with Crippen LogP contribution in [0.2, 0.25) is 5.02 Å². The average molecular weight is 295 g/mol. The van der Waals surface area contributed by atoms with Crippen LogP contribution in [0.25, 0.3) is 0 Å². The van der Waals surface area contributed by atoms with Crippen LogP contribution in [0.15, 0.2) is 24.3 Å². The number of hydrogen-bond acceptors (Lipinski definition) is 2. The number of halogens is 1. The van der Waals surface area contributed by atoms with Crippen molar-refractivity contribution < 1.29 is 4.79 Å². The molecule has 2 unspecified atom stereocenters. The van der Waals surface area contributed by atoms with Gasteiger partial charge in [-0.25, -0.2) is 0 Å². The van der Waals surface area contributed by atoms with Gasteiger partial charge < -0.3 is 10.2 Å². The fourth-order valence-corrected chi connectivity index (χ4v) is 2.84. The van der Waals surface area contributed by atoms with Crippen molar-refractivity contribution in [2.75, 3.05) is 13.1 Å². The maximum Gasteiger partial charge on any atom is 0.240 e. The van der Waals surface area contributed by atoms with Gasteiger partial charge >= 0.3 is 0 Å². The van der Waals surface area contributed by atoms with Gasteiger partial charge in [-0.05, 0) is 50.4 Å². The van der Waals surface area contributed by atoms with Crippen LogP contribution in [0.5, 0.6) is 0 Å². The van der Waals surface area contributed by atoms with Crippen LogP contribution in [0.1, 0.15) is 44.7 Å². The van der Waals surface area contributed by atoms with E-state index in [1.165, 1.54) is 0 Å². The summed E-state index contributed by atoms with van der Waals surface area (Å²) in [5.74, 6) is 0.229. The molecule has 2 rings (SSSR count). The van der Waals surface area contributed by atoms with E-state index in [0.717, 1.165) is 42.9 Å². The number of carbonyl (C=O) groups is 1. The van der Waals surface area contributed by atoms with Crippen LogP contribution in [-0.4, -0.2) is 29.9 Å². The van der Waals surface area contributed by atoms with Crippen molar-refractivity contribution in [3.63, 3.8) is 0 Å². The molecule has 0 bridgehead atoms. The molecule has 0 aliphatic carbocycles. The third-order valence-electron chi connectivity index (χ3n) is 3.93. The normalized spacial score (nSPS) is 21.1. The molecular formula is C16H23ClN2O. The lowest BCUT2D eigenvalue weighted by atomic mass is 9.99. The molecule has 1 fully saturated rings. The summed E-state index contributed by atoms with van der Waals surface area (Å²) >= 11 is 5.92. The Morgan fingerprint density at radius 3 is 2.75 bits per heavy atom. The second kappa shape index (κ2) is 7.09. The van der Waals surface area contributed by atoms with Crippen LogP contribution >= 0.6 is 11.6 Å². The highest BCUT2D eigenvalue weighted by Crippen LogP contribution is 2.26. The third-order valence-corrected chi connectivity index (χ3v) is 4.19. The molecule has 2 atom stereocenters. The Labute approximate surface area is 126 Å². The number of carbonyl (C=O) groups excluding carboxylic acids is 1. The van der Waals surface area contributed by atoms with E-state index >= 15 is 0 Å². The van der Waals surface area contributed by atoms with Gasteiger partial charge in [-0.1, -0.05) is 30.7 Å². The summed E-state index contributed by atoms with van der Waals surface area (Å²) < 4.78 is 0. The minimum absolute atomic E-state index is 0.0153. The summed E-state index contributed by atoms with van der Waals surface area (Å²) in [5.41, 5.74) is 1.14. The number of amides is 1. The Morgan fingerprint density at radius 1 is 1.40 bits per heavy atom. The topological polar surface area (TPSA) is 32.3 Å². The Bertz CT molecular complexity index is 446. The third kappa shape index (κ3) is 3.53. The number of nitrogens with one attached hydrogen (secondary N) is 1. The largest absolute Gasteiger partial charge is 0.335 e. The summed E-state index contributed by atoms with van der Waals surface area (Å²) in [4.78, 5) is 14.5. The van der Waals surface area contributed by atoms with E-state index < -0.39 is 0 Å². The first kappa shape index (κ1) is 15.3. The first-order valence-electron chi connectivity index (χ1n) is 7.42. The number of hydrogen-bond donors (Lipinski definition) is 1. The Kier molecular flexibility index (Phi) is 5.44. The molecule has 1 heterocycles. The minimum Gasteiger partial charge on any atom is -0.335 e. The fourth-order valence-electron chi connectivity index (χ4n) is 2.71. The molecule has 110 valence electrons. The highest BCUT2D eigenvalue weighted by molar-refractivity contribution is 6.30. The quantitative estimate of drug-likeness (QED) is 0.903. The van der Waals surface area contributed by atoms with Crippen molar-refractivity contribution in [2.45, 2.75) is 45.2 Å².